The zero-order chi connectivity index (χ0) is 12.3. The van der Waals surface area contributed by atoms with Crippen LogP contribution in [-0.2, 0) is 4.74 Å². The van der Waals surface area contributed by atoms with Crippen molar-refractivity contribution in [1.29, 1.82) is 0 Å². The third-order valence-corrected chi connectivity index (χ3v) is 3.69. The Morgan fingerprint density at radius 1 is 1.29 bits per heavy atom. The number of rotatable bonds is 1. The molecule has 0 aromatic heterocycles. The fourth-order valence-corrected chi connectivity index (χ4v) is 2.53. The zero-order valence-electron chi connectivity index (χ0n) is 10.5. The van der Waals surface area contributed by atoms with E-state index in [2.05, 4.69) is 0 Å². The second-order valence-corrected chi connectivity index (χ2v) is 4.97. The Balaban J connectivity index is 1.89. The van der Waals surface area contributed by atoms with Crippen molar-refractivity contribution in [3.63, 3.8) is 0 Å². The highest BCUT2D eigenvalue weighted by atomic mass is 16.5. The lowest BCUT2D eigenvalue weighted by Gasteiger charge is -2.38. The smallest absolute Gasteiger partial charge is 0.320 e. The summed E-state index contributed by atoms with van der Waals surface area (Å²) in [6, 6.07) is 0.110. The molecule has 2 aliphatic heterocycles. The van der Waals surface area contributed by atoms with E-state index in [9.17, 15) is 9.90 Å². The largest absolute Gasteiger partial charge is 0.393 e. The number of hydrogen-bond donors (Lipinski definition) is 1. The van der Waals surface area contributed by atoms with Crippen LogP contribution in [0.2, 0.25) is 0 Å². The Bertz CT molecular complexity index is 264. The Morgan fingerprint density at radius 3 is 2.65 bits per heavy atom. The van der Waals surface area contributed by atoms with Gasteiger partial charge in [-0.05, 0) is 19.8 Å². The molecule has 2 amide bonds. The maximum Gasteiger partial charge on any atom is 0.320 e. The highest BCUT2D eigenvalue weighted by molar-refractivity contribution is 5.74. The molecule has 5 nitrogen and oxygen atoms in total. The molecule has 0 aliphatic carbocycles. The van der Waals surface area contributed by atoms with E-state index in [1.54, 1.807) is 0 Å². The minimum Gasteiger partial charge on any atom is -0.393 e. The first-order valence-electron chi connectivity index (χ1n) is 6.48. The Morgan fingerprint density at radius 2 is 2.00 bits per heavy atom. The lowest BCUT2D eigenvalue weighted by molar-refractivity contribution is 0.0298. The summed E-state index contributed by atoms with van der Waals surface area (Å²) in [5.74, 6) is 0.230. The van der Waals surface area contributed by atoms with Gasteiger partial charge in [-0.1, -0.05) is 0 Å². The molecule has 0 bridgehead atoms. The van der Waals surface area contributed by atoms with Gasteiger partial charge < -0.3 is 19.6 Å². The molecule has 0 aromatic carbocycles. The van der Waals surface area contributed by atoms with Crippen LogP contribution in [0.4, 0.5) is 4.79 Å². The van der Waals surface area contributed by atoms with Crippen LogP contribution >= 0.6 is 0 Å². The zero-order valence-corrected chi connectivity index (χ0v) is 10.5. The number of likely N-dealkylation sites (tertiary alicyclic amines) is 1. The van der Waals surface area contributed by atoms with E-state index in [1.807, 2.05) is 16.7 Å². The van der Waals surface area contributed by atoms with Crippen molar-refractivity contribution >= 4 is 6.03 Å². The molecular weight excluding hydrogens is 220 g/mol. The van der Waals surface area contributed by atoms with E-state index in [0.29, 0.717) is 32.8 Å². The third kappa shape index (κ3) is 3.10. The summed E-state index contributed by atoms with van der Waals surface area (Å²) in [6.45, 7) is 5.98. The van der Waals surface area contributed by atoms with Gasteiger partial charge in [0.05, 0.1) is 19.3 Å². The lowest BCUT2D eigenvalue weighted by Crippen LogP contribution is -2.52. The van der Waals surface area contributed by atoms with Gasteiger partial charge in [0.25, 0.3) is 0 Å². The number of ether oxygens (including phenoxy) is 1. The summed E-state index contributed by atoms with van der Waals surface area (Å²) in [6.07, 6.45) is 1.69. The van der Waals surface area contributed by atoms with Crippen molar-refractivity contribution in [3.05, 3.63) is 0 Å². The van der Waals surface area contributed by atoms with Gasteiger partial charge in [0.1, 0.15) is 0 Å². The molecular formula is C12H22N2O3. The average molecular weight is 242 g/mol. The molecule has 17 heavy (non-hydrogen) atoms. The number of hydrogen-bond acceptors (Lipinski definition) is 3. The second-order valence-electron chi connectivity index (χ2n) is 4.97. The normalized spacial score (nSPS) is 28.0. The number of nitrogens with zero attached hydrogens (tertiary/aromatic N) is 2. The highest BCUT2D eigenvalue weighted by Crippen LogP contribution is 2.20. The SMILES string of the molecule is CC(O)C1CCCN(C(=O)N2CCOCC2)C1. The van der Waals surface area contributed by atoms with Crippen molar-refractivity contribution in [3.8, 4) is 0 Å². The molecule has 0 spiro atoms. The topological polar surface area (TPSA) is 53.0 Å². The van der Waals surface area contributed by atoms with Gasteiger partial charge in [-0.2, -0.15) is 0 Å². The molecule has 2 fully saturated rings. The molecule has 2 heterocycles. The van der Waals surface area contributed by atoms with Crippen LogP contribution in [0.15, 0.2) is 0 Å². The maximum absolute atomic E-state index is 12.2. The lowest BCUT2D eigenvalue weighted by atomic mass is 9.93. The van der Waals surface area contributed by atoms with E-state index in [1.165, 1.54) is 0 Å². The average Bonchev–Trinajstić information content (AvgIpc) is 2.39. The first-order chi connectivity index (χ1) is 8.18. The van der Waals surface area contributed by atoms with Gasteiger partial charge in [-0.25, -0.2) is 4.79 Å². The molecule has 2 atom stereocenters. The van der Waals surface area contributed by atoms with Crippen LogP contribution in [0.25, 0.3) is 0 Å². The third-order valence-electron chi connectivity index (χ3n) is 3.69. The first kappa shape index (κ1) is 12.6. The summed E-state index contributed by atoms with van der Waals surface area (Å²) in [7, 11) is 0. The van der Waals surface area contributed by atoms with Crippen molar-refractivity contribution in [2.24, 2.45) is 5.92 Å². The van der Waals surface area contributed by atoms with Crippen molar-refractivity contribution in [2.75, 3.05) is 39.4 Å². The van der Waals surface area contributed by atoms with E-state index in [-0.39, 0.29) is 18.1 Å². The number of amides is 2. The Labute approximate surface area is 102 Å². The molecule has 2 unspecified atom stereocenters. The molecule has 98 valence electrons. The molecule has 2 rings (SSSR count). The van der Waals surface area contributed by atoms with Crippen LogP contribution < -0.4 is 0 Å². The monoisotopic (exact) mass is 242 g/mol. The minimum atomic E-state index is -0.324. The van der Waals surface area contributed by atoms with Crippen LogP contribution in [0, 0.1) is 5.92 Å². The van der Waals surface area contributed by atoms with Gasteiger partial charge in [0.15, 0.2) is 0 Å². The summed E-state index contributed by atoms with van der Waals surface area (Å²) >= 11 is 0. The maximum atomic E-state index is 12.2. The Hall–Kier alpha value is -0.810. The highest BCUT2D eigenvalue weighted by Gasteiger charge is 2.29. The number of aliphatic hydroxyl groups excluding tert-OH is 1. The fraction of sp³-hybridized carbons (Fsp3) is 0.917. The Kier molecular flexibility index (Phi) is 4.23. The number of aliphatic hydroxyl groups is 1. The van der Waals surface area contributed by atoms with E-state index in [0.717, 1.165) is 19.4 Å². The van der Waals surface area contributed by atoms with Crippen molar-refractivity contribution < 1.29 is 14.6 Å². The molecule has 2 aliphatic rings. The van der Waals surface area contributed by atoms with E-state index < -0.39 is 0 Å². The number of piperidine rings is 1. The van der Waals surface area contributed by atoms with E-state index in [4.69, 9.17) is 4.74 Å². The fourth-order valence-electron chi connectivity index (χ4n) is 2.53. The van der Waals surface area contributed by atoms with Gasteiger partial charge in [0.2, 0.25) is 0 Å². The quantitative estimate of drug-likeness (QED) is 0.730. The van der Waals surface area contributed by atoms with Crippen molar-refractivity contribution in [1.82, 2.24) is 9.80 Å². The van der Waals surface area contributed by atoms with Gasteiger partial charge >= 0.3 is 6.03 Å². The van der Waals surface area contributed by atoms with Gasteiger partial charge in [-0.15, -0.1) is 0 Å². The van der Waals surface area contributed by atoms with Crippen LogP contribution in [0.3, 0.4) is 0 Å². The minimum absolute atomic E-state index is 0.110. The summed E-state index contributed by atoms with van der Waals surface area (Å²) in [5, 5.41) is 9.62. The van der Waals surface area contributed by atoms with Crippen molar-refractivity contribution in [2.45, 2.75) is 25.9 Å². The number of morpholine rings is 1. The van der Waals surface area contributed by atoms with Crippen LogP contribution in [0.5, 0.6) is 0 Å². The number of carbonyl (C=O) groups is 1. The summed E-state index contributed by atoms with van der Waals surface area (Å²) in [4.78, 5) is 16.0. The molecule has 2 saturated heterocycles. The molecule has 0 aromatic rings. The number of carbonyl (C=O) groups excluding carboxylic acids is 1. The summed E-state index contributed by atoms with van der Waals surface area (Å²) in [5.41, 5.74) is 0. The standard InChI is InChI=1S/C12H22N2O3/c1-10(15)11-3-2-4-14(9-11)12(16)13-5-7-17-8-6-13/h10-11,15H,2-9H2,1H3. The van der Waals surface area contributed by atoms with E-state index >= 15 is 0 Å². The van der Waals surface area contributed by atoms with Crippen LogP contribution in [0.1, 0.15) is 19.8 Å². The predicted octanol–water partition coefficient (Wildman–Crippen LogP) is 0.531. The summed E-state index contributed by atoms with van der Waals surface area (Å²) < 4.78 is 5.24. The van der Waals surface area contributed by atoms with Gasteiger partial charge in [-0.3, -0.25) is 0 Å². The molecule has 1 N–H and O–H groups in total. The molecule has 0 saturated carbocycles. The second kappa shape index (κ2) is 5.69. The van der Waals surface area contributed by atoms with Crippen LogP contribution in [-0.4, -0.2) is 66.4 Å². The number of urea groups is 1. The predicted molar refractivity (Wildman–Crippen MR) is 63.8 cm³/mol. The van der Waals surface area contributed by atoms with Gasteiger partial charge in [0, 0.05) is 32.1 Å². The molecule has 0 radical (unpaired) electrons. The first-order valence-corrected chi connectivity index (χ1v) is 6.48. The molecule has 5 heteroatoms.